The summed E-state index contributed by atoms with van der Waals surface area (Å²) in [5, 5.41) is 17.9. The fourth-order valence-corrected chi connectivity index (χ4v) is 0.922. The summed E-state index contributed by atoms with van der Waals surface area (Å²) in [5.41, 5.74) is 2.16. The molecule has 6 heteroatoms. The molecule has 0 fully saturated rings. The Kier molecular flexibility index (Phi) is 3.49. The first-order valence-electron chi connectivity index (χ1n) is 4.20. The zero-order valence-electron chi connectivity index (χ0n) is 8.14. The van der Waals surface area contributed by atoms with Gasteiger partial charge in [0.2, 0.25) is 0 Å². The van der Waals surface area contributed by atoms with Gasteiger partial charge in [-0.05, 0) is 18.2 Å². The number of aromatic hydroxyl groups is 1. The van der Waals surface area contributed by atoms with Gasteiger partial charge >= 0.3 is 11.9 Å². The number of nitrogens with one attached hydrogen (secondary N) is 1. The molecule has 0 aliphatic rings. The molecular weight excluding hydrogens is 214 g/mol. The zero-order chi connectivity index (χ0) is 12.1. The van der Waals surface area contributed by atoms with Crippen LogP contribution in [0.25, 0.3) is 0 Å². The third kappa shape index (κ3) is 2.74. The highest BCUT2D eigenvalue weighted by Gasteiger charge is 2.10. The summed E-state index contributed by atoms with van der Waals surface area (Å²) >= 11 is 0. The zero-order valence-corrected chi connectivity index (χ0v) is 8.14. The molecular formula is C10H9NO5. The number of carbonyl (C=O) groups is 2. The van der Waals surface area contributed by atoms with Gasteiger partial charge in [-0.3, -0.25) is 0 Å². The standard InChI is InChI=1S/C10H9NO5/c1-2-9(13)16-11-6-3-4-8(12)7(5-6)10(14)15/h2-5,11-12H,1H2,(H,14,15). The van der Waals surface area contributed by atoms with Crippen molar-refractivity contribution in [1.82, 2.24) is 0 Å². The van der Waals surface area contributed by atoms with Crippen molar-refractivity contribution in [3.05, 3.63) is 36.4 Å². The predicted octanol–water partition coefficient (Wildman–Crippen LogP) is 1.15. The molecule has 16 heavy (non-hydrogen) atoms. The summed E-state index contributed by atoms with van der Waals surface area (Å²) in [5.74, 6) is -2.35. The van der Waals surface area contributed by atoms with Gasteiger partial charge < -0.3 is 15.1 Å². The molecule has 6 nitrogen and oxygen atoms in total. The van der Waals surface area contributed by atoms with Crippen molar-refractivity contribution < 1.29 is 24.6 Å². The quantitative estimate of drug-likeness (QED) is 0.402. The molecule has 0 atom stereocenters. The molecule has 0 amide bonds. The van der Waals surface area contributed by atoms with Crippen LogP contribution in [0, 0.1) is 0 Å². The summed E-state index contributed by atoms with van der Waals surface area (Å²) in [6.07, 6.45) is 0.950. The monoisotopic (exact) mass is 223 g/mol. The summed E-state index contributed by atoms with van der Waals surface area (Å²) in [6, 6.07) is 3.67. The Morgan fingerprint density at radius 1 is 1.44 bits per heavy atom. The molecule has 0 heterocycles. The summed E-state index contributed by atoms with van der Waals surface area (Å²) in [7, 11) is 0. The number of anilines is 1. The maximum absolute atomic E-state index is 10.7. The molecule has 0 aliphatic heterocycles. The fourth-order valence-electron chi connectivity index (χ4n) is 0.922. The van der Waals surface area contributed by atoms with E-state index in [0.717, 1.165) is 12.1 Å². The number of rotatable bonds is 4. The Hall–Kier alpha value is -2.50. The van der Waals surface area contributed by atoms with Crippen molar-refractivity contribution in [2.75, 3.05) is 5.48 Å². The van der Waals surface area contributed by atoms with Crippen molar-refractivity contribution in [3.63, 3.8) is 0 Å². The predicted molar refractivity (Wildman–Crippen MR) is 55.0 cm³/mol. The molecule has 3 N–H and O–H groups in total. The third-order valence-electron chi connectivity index (χ3n) is 1.66. The van der Waals surface area contributed by atoms with Gasteiger partial charge in [0.05, 0.1) is 5.69 Å². The van der Waals surface area contributed by atoms with Gasteiger partial charge in [0.1, 0.15) is 11.3 Å². The van der Waals surface area contributed by atoms with Crippen LogP contribution in [0.2, 0.25) is 0 Å². The number of carbonyl (C=O) groups excluding carboxylic acids is 1. The maximum atomic E-state index is 10.7. The SMILES string of the molecule is C=CC(=O)ONc1ccc(O)c(C(=O)O)c1. The highest BCUT2D eigenvalue weighted by atomic mass is 16.7. The smallest absolute Gasteiger partial charge is 0.355 e. The average Bonchev–Trinajstić information content (AvgIpc) is 2.27. The van der Waals surface area contributed by atoms with Crippen molar-refractivity contribution >= 4 is 17.6 Å². The number of hydrogen-bond donors (Lipinski definition) is 3. The van der Waals surface area contributed by atoms with Gasteiger partial charge in [-0.1, -0.05) is 6.58 Å². The molecule has 1 aromatic rings. The lowest BCUT2D eigenvalue weighted by atomic mass is 10.2. The van der Waals surface area contributed by atoms with Gasteiger partial charge in [-0.2, -0.15) is 0 Å². The van der Waals surface area contributed by atoms with Crippen LogP contribution in [0.1, 0.15) is 10.4 Å². The first-order valence-corrected chi connectivity index (χ1v) is 4.20. The second-order valence-corrected chi connectivity index (χ2v) is 2.76. The van der Waals surface area contributed by atoms with Crippen LogP contribution < -0.4 is 5.48 Å². The van der Waals surface area contributed by atoms with E-state index in [0.29, 0.717) is 0 Å². The minimum absolute atomic E-state index is 0.227. The van der Waals surface area contributed by atoms with Gasteiger partial charge in [-0.25, -0.2) is 15.1 Å². The Bertz CT molecular complexity index is 441. The molecule has 0 aliphatic carbocycles. The van der Waals surface area contributed by atoms with Crippen LogP contribution in [0.3, 0.4) is 0 Å². The average molecular weight is 223 g/mol. The van der Waals surface area contributed by atoms with Gasteiger partial charge in [0, 0.05) is 6.08 Å². The fraction of sp³-hybridized carbons (Fsp3) is 0. The van der Waals surface area contributed by atoms with E-state index in [-0.39, 0.29) is 17.0 Å². The molecule has 0 saturated heterocycles. The number of carboxylic acid groups (broad SMARTS) is 1. The van der Waals surface area contributed by atoms with Gasteiger partial charge in [-0.15, -0.1) is 0 Å². The van der Waals surface area contributed by atoms with Crippen molar-refractivity contribution in [2.24, 2.45) is 0 Å². The van der Waals surface area contributed by atoms with E-state index >= 15 is 0 Å². The first-order chi connectivity index (χ1) is 7.54. The van der Waals surface area contributed by atoms with E-state index in [4.69, 9.17) is 5.11 Å². The van der Waals surface area contributed by atoms with E-state index in [1.807, 2.05) is 0 Å². The minimum Gasteiger partial charge on any atom is -0.507 e. The lowest BCUT2D eigenvalue weighted by Gasteiger charge is -2.06. The van der Waals surface area contributed by atoms with E-state index in [2.05, 4.69) is 16.9 Å². The summed E-state index contributed by atoms with van der Waals surface area (Å²) in [6.45, 7) is 3.18. The molecule has 0 spiro atoms. The van der Waals surface area contributed by atoms with Crippen LogP contribution in [0.5, 0.6) is 5.75 Å². The molecule has 0 bridgehead atoms. The van der Waals surface area contributed by atoms with E-state index < -0.39 is 11.9 Å². The normalized spacial score (nSPS) is 9.25. The van der Waals surface area contributed by atoms with Crippen LogP contribution in [0.15, 0.2) is 30.9 Å². The number of aromatic carboxylic acids is 1. The highest BCUT2D eigenvalue weighted by molar-refractivity contribution is 5.92. The number of carboxylic acids is 1. The Balaban J connectivity index is 2.82. The van der Waals surface area contributed by atoms with Crippen molar-refractivity contribution in [1.29, 1.82) is 0 Å². The lowest BCUT2D eigenvalue weighted by Crippen LogP contribution is -2.08. The molecule has 0 aromatic heterocycles. The molecule has 0 radical (unpaired) electrons. The second-order valence-electron chi connectivity index (χ2n) is 2.76. The van der Waals surface area contributed by atoms with Crippen LogP contribution in [-0.2, 0) is 9.63 Å². The summed E-state index contributed by atoms with van der Waals surface area (Å²) < 4.78 is 0. The molecule has 1 rings (SSSR count). The topological polar surface area (TPSA) is 95.9 Å². The molecule has 0 unspecified atom stereocenters. The van der Waals surface area contributed by atoms with Crippen molar-refractivity contribution in [3.8, 4) is 5.75 Å². The largest absolute Gasteiger partial charge is 0.507 e. The third-order valence-corrected chi connectivity index (χ3v) is 1.66. The Morgan fingerprint density at radius 3 is 2.69 bits per heavy atom. The minimum atomic E-state index is -1.28. The van der Waals surface area contributed by atoms with Crippen LogP contribution in [0.4, 0.5) is 5.69 Å². The van der Waals surface area contributed by atoms with Gasteiger partial charge in [0.25, 0.3) is 0 Å². The van der Waals surface area contributed by atoms with E-state index in [1.165, 1.54) is 12.1 Å². The first kappa shape index (κ1) is 11.6. The van der Waals surface area contributed by atoms with Crippen LogP contribution in [-0.4, -0.2) is 22.2 Å². The second kappa shape index (κ2) is 4.83. The Morgan fingerprint density at radius 2 is 2.12 bits per heavy atom. The molecule has 0 saturated carbocycles. The number of benzene rings is 1. The highest BCUT2D eigenvalue weighted by Crippen LogP contribution is 2.21. The van der Waals surface area contributed by atoms with Crippen molar-refractivity contribution in [2.45, 2.75) is 0 Å². The van der Waals surface area contributed by atoms with E-state index in [9.17, 15) is 14.7 Å². The molecule has 84 valence electrons. The maximum Gasteiger partial charge on any atom is 0.355 e. The number of phenols is 1. The van der Waals surface area contributed by atoms with E-state index in [1.54, 1.807) is 0 Å². The summed E-state index contributed by atoms with van der Waals surface area (Å²) in [4.78, 5) is 25.8. The molecule has 1 aromatic carbocycles. The van der Waals surface area contributed by atoms with Gasteiger partial charge in [0.15, 0.2) is 0 Å². The Labute approximate surface area is 90.7 Å². The lowest BCUT2D eigenvalue weighted by molar-refractivity contribution is -0.134. The van der Waals surface area contributed by atoms with Crippen LogP contribution >= 0.6 is 0 Å². The number of hydrogen-bond acceptors (Lipinski definition) is 5.